The molecule has 2 heterocycles. The summed E-state index contributed by atoms with van der Waals surface area (Å²) in [4.78, 5) is 27.1. The molecule has 0 saturated heterocycles. The van der Waals surface area contributed by atoms with E-state index in [0.29, 0.717) is 21.9 Å². The second-order valence-corrected chi connectivity index (χ2v) is 7.52. The lowest BCUT2D eigenvalue weighted by atomic mass is 10.1. The molecule has 2 aromatic carbocycles. The number of aromatic nitrogens is 4. The molecule has 0 aliphatic rings. The first-order valence-corrected chi connectivity index (χ1v) is 10.1. The second-order valence-electron chi connectivity index (χ2n) is 6.74. The molecule has 4 rings (SSSR count). The van der Waals surface area contributed by atoms with Gasteiger partial charge in [0.15, 0.2) is 16.3 Å². The molecule has 2 aromatic heterocycles. The van der Waals surface area contributed by atoms with Crippen molar-refractivity contribution >= 4 is 39.1 Å². The number of amides is 2. The van der Waals surface area contributed by atoms with E-state index in [-0.39, 0.29) is 17.0 Å². The van der Waals surface area contributed by atoms with Gasteiger partial charge >= 0.3 is 0 Å². The molecule has 0 atom stereocenters. The molecule has 0 saturated carbocycles. The number of carbonyl (C=O) groups excluding carboxylic acids is 2. The molecular weight excluding hydrogens is 483 g/mol. The summed E-state index contributed by atoms with van der Waals surface area (Å²) in [6.07, 6.45) is 0. The van der Waals surface area contributed by atoms with Gasteiger partial charge in [0.25, 0.3) is 11.8 Å². The molecule has 11 heteroatoms. The van der Waals surface area contributed by atoms with Gasteiger partial charge in [-0.2, -0.15) is 4.68 Å². The molecule has 0 spiro atoms. The molecule has 0 unspecified atom stereocenters. The monoisotopic (exact) mass is 498 g/mol. The van der Waals surface area contributed by atoms with Gasteiger partial charge in [-0.1, -0.05) is 12.1 Å². The maximum Gasteiger partial charge on any atom is 0.293 e. The number of furan rings is 1. The number of nitrogens with zero attached hydrogens (tertiary/aromatic N) is 5. The van der Waals surface area contributed by atoms with Crippen molar-refractivity contribution in [3.63, 3.8) is 0 Å². The van der Waals surface area contributed by atoms with Crippen LogP contribution in [0.5, 0.6) is 0 Å². The van der Waals surface area contributed by atoms with Crippen LogP contribution in [0.15, 0.2) is 63.7 Å². The molecule has 2 amide bonds. The van der Waals surface area contributed by atoms with Gasteiger partial charge in [0, 0.05) is 12.7 Å². The average molecular weight is 499 g/mol. The van der Waals surface area contributed by atoms with Crippen LogP contribution >= 0.6 is 15.9 Å². The van der Waals surface area contributed by atoms with E-state index in [0.717, 1.165) is 0 Å². The maximum atomic E-state index is 14.3. The van der Waals surface area contributed by atoms with Crippen molar-refractivity contribution < 1.29 is 18.4 Å². The maximum absolute atomic E-state index is 14.3. The minimum Gasteiger partial charge on any atom is -0.444 e. The summed E-state index contributed by atoms with van der Waals surface area (Å²) in [7, 11) is 1.54. The summed E-state index contributed by atoms with van der Waals surface area (Å²) in [5, 5.41) is 13.7. The van der Waals surface area contributed by atoms with Crippen LogP contribution < -0.4 is 10.2 Å². The zero-order valence-corrected chi connectivity index (χ0v) is 18.5. The lowest BCUT2D eigenvalue weighted by Gasteiger charge is -2.19. The molecule has 32 heavy (non-hydrogen) atoms. The Balaban J connectivity index is 1.61. The third-order valence-corrected chi connectivity index (χ3v) is 5.08. The zero-order valence-electron chi connectivity index (χ0n) is 16.9. The van der Waals surface area contributed by atoms with Crippen molar-refractivity contribution in [2.24, 2.45) is 0 Å². The highest BCUT2D eigenvalue weighted by atomic mass is 79.9. The lowest BCUT2D eigenvalue weighted by molar-refractivity contribution is 0.0965. The van der Waals surface area contributed by atoms with Crippen LogP contribution in [0.4, 0.5) is 15.8 Å². The minimum atomic E-state index is -0.547. The first kappa shape index (κ1) is 21.4. The van der Waals surface area contributed by atoms with E-state index < -0.39 is 17.6 Å². The summed E-state index contributed by atoms with van der Waals surface area (Å²) < 4.78 is 21.3. The Labute approximate surface area is 190 Å². The highest BCUT2D eigenvalue weighted by molar-refractivity contribution is 9.10. The first-order chi connectivity index (χ1) is 15.3. The number of para-hydroxylation sites is 1. The molecule has 9 nitrogen and oxygen atoms in total. The Morgan fingerprint density at radius 3 is 2.62 bits per heavy atom. The van der Waals surface area contributed by atoms with Gasteiger partial charge < -0.3 is 14.6 Å². The SMILES string of the molecule is Cc1nnnn1-c1cc(NC(=O)c2ccccc2N(C)C(=O)c2ccc(Br)o2)ccc1F. The van der Waals surface area contributed by atoms with Crippen LogP contribution in [-0.2, 0) is 0 Å². The van der Waals surface area contributed by atoms with Crippen molar-refractivity contribution in [3.8, 4) is 5.69 Å². The lowest BCUT2D eigenvalue weighted by Crippen LogP contribution is -2.28. The first-order valence-electron chi connectivity index (χ1n) is 9.34. The van der Waals surface area contributed by atoms with E-state index in [1.165, 1.54) is 33.8 Å². The Hall–Kier alpha value is -3.86. The third-order valence-electron chi connectivity index (χ3n) is 4.66. The van der Waals surface area contributed by atoms with Crippen LogP contribution in [0.3, 0.4) is 0 Å². The summed E-state index contributed by atoms with van der Waals surface area (Å²) in [5.74, 6) is -0.938. The van der Waals surface area contributed by atoms with Gasteiger partial charge in [-0.3, -0.25) is 9.59 Å². The Morgan fingerprint density at radius 2 is 1.94 bits per heavy atom. The topological polar surface area (TPSA) is 106 Å². The largest absolute Gasteiger partial charge is 0.444 e. The van der Waals surface area contributed by atoms with Crippen molar-refractivity contribution in [1.29, 1.82) is 0 Å². The smallest absolute Gasteiger partial charge is 0.293 e. The molecule has 1 N–H and O–H groups in total. The molecule has 162 valence electrons. The van der Waals surface area contributed by atoms with Gasteiger partial charge in [-0.25, -0.2) is 4.39 Å². The van der Waals surface area contributed by atoms with E-state index in [9.17, 15) is 14.0 Å². The standard InChI is InChI=1S/C21H16BrFN6O3/c1-12-25-26-27-29(12)17-11-13(7-8-15(17)23)24-20(30)14-5-3-4-6-16(14)28(2)21(31)18-9-10-19(22)32-18/h3-11H,1-2H3,(H,24,30). The Morgan fingerprint density at radius 1 is 1.16 bits per heavy atom. The Kier molecular flexibility index (Phi) is 5.82. The normalized spacial score (nSPS) is 10.8. The van der Waals surface area contributed by atoms with Crippen molar-refractivity contribution in [1.82, 2.24) is 20.2 Å². The number of hydrogen-bond donors (Lipinski definition) is 1. The summed E-state index contributed by atoms with van der Waals surface area (Å²) in [5.41, 5.74) is 1.05. The van der Waals surface area contributed by atoms with Gasteiger partial charge in [0.1, 0.15) is 11.5 Å². The van der Waals surface area contributed by atoms with Crippen molar-refractivity contribution in [3.05, 3.63) is 82.2 Å². The number of carbonyl (C=O) groups is 2. The minimum absolute atomic E-state index is 0.0919. The Bertz CT molecular complexity index is 1320. The fraction of sp³-hybridized carbons (Fsp3) is 0.0952. The van der Waals surface area contributed by atoms with Gasteiger partial charge in [0.05, 0.1) is 11.3 Å². The number of benzene rings is 2. The van der Waals surface area contributed by atoms with Crippen LogP contribution in [0.25, 0.3) is 5.69 Å². The number of aryl methyl sites for hydroxylation is 1. The fourth-order valence-corrected chi connectivity index (χ4v) is 3.37. The number of anilines is 2. The van der Waals surface area contributed by atoms with Crippen LogP contribution in [0.1, 0.15) is 26.7 Å². The summed E-state index contributed by atoms with van der Waals surface area (Å²) in [6.45, 7) is 1.63. The molecular formula is C21H16BrFN6O3. The van der Waals surface area contributed by atoms with E-state index in [2.05, 4.69) is 36.8 Å². The molecule has 4 aromatic rings. The van der Waals surface area contributed by atoms with Gasteiger partial charge in [-0.05, 0) is 75.7 Å². The predicted molar refractivity (Wildman–Crippen MR) is 117 cm³/mol. The highest BCUT2D eigenvalue weighted by Gasteiger charge is 2.22. The summed E-state index contributed by atoms with van der Waals surface area (Å²) in [6, 6.07) is 13.8. The van der Waals surface area contributed by atoms with E-state index >= 15 is 0 Å². The van der Waals surface area contributed by atoms with Crippen molar-refractivity contribution in [2.45, 2.75) is 6.92 Å². The zero-order chi connectivity index (χ0) is 22.8. The molecule has 0 aliphatic carbocycles. The van der Waals surface area contributed by atoms with Crippen molar-refractivity contribution in [2.75, 3.05) is 17.3 Å². The molecule has 0 radical (unpaired) electrons. The van der Waals surface area contributed by atoms with Gasteiger partial charge in [0.2, 0.25) is 0 Å². The fourth-order valence-electron chi connectivity index (χ4n) is 3.07. The van der Waals surface area contributed by atoms with E-state index in [1.54, 1.807) is 44.3 Å². The number of nitrogens with one attached hydrogen (secondary N) is 1. The molecule has 0 bridgehead atoms. The second kappa shape index (κ2) is 8.71. The number of hydrogen-bond acceptors (Lipinski definition) is 6. The van der Waals surface area contributed by atoms with Crippen LogP contribution in [-0.4, -0.2) is 39.1 Å². The number of halogens is 2. The molecule has 0 fully saturated rings. The number of tetrazole rings is 1. The highest BCUT2D eigenvalue weighted by Crippen LogP contribution is 2.25. The molecule has 0 aliphatic heterocycles. The third kappa shape index (κ3) is 4.14. The number of rotatable bonds is 5. The van der Waals surface area contributed by atoms with E-state index in [4.69, 9.17) is 4.42 Å². The van der Waals surface area contributed by atoms with Crippen LogP contribution in [0, 0.1) is 12.7 Å². The average Bonchev–Trinajstić information content (AvgIpc) is 3.42. The quantitative estimate of drug-likeness (QED) is 0.445. The predicted octanol–water partition coefficient (Wildman–Crippen LogP) is 3.99. The van der Waals surface area contributed by atoms with Gasteiger partial charge in [-0.15, -0.1) is 5.10 Å². The van der Waals surface area contributed by atoms with Crippen LogP contribution in [0.2, 0.25) is 0 Å². The summed E-state index contributed by atoms with van der Waals surface area (Å²) >= 11 is 3.17. The van der Waals surface area contributed by atoms with E-state index in [1.807, 2.05) is 0 Å².